The number of thiophene rings is 1. The third-order valence-electron chi connectivity index (χ3n) is 2.69. The molecule has 0 saturated heterocycles. The van der Waals surface area contributed by atoms with Crippen LogP contribution in [0.15, 0.2) is 41.1 Å². The van der Waals surface area contributed by atoms with E-state index in [1.54, 1.807) is 12.1 Å². The molecule has 0 aliphatic rings. The van der Waals surface area contributed by atoms with Crippen molar-refractivity contribution in [3.05, 3.63) is 55.4 Å². The van der Waals surface area contributed by atoms with Crippen LogP contribution in [-0.4, -0.2) is 10.9 Å². The van der Waals surface area contributed by atoms with Crippen LogP contribution in [0.2, 0.25) is 0 Å². The number of carbonyl (C=O) groups is 1. The van der Waals surface area contributed by atoms with Gasteiger partial charge in [0, 0.05) is 16.3 Å². The first-order valence-corrected chi connectivity index (χ1v) is 8.72. The molecule has 0 saturated carbocycles. The number of nitrogens with zero attached hydrogens (tertiary/aromatic N) is 1. The number of carbonyl (C=O) groups excluding carboxylic acids is 1. The van der Waals surface area contributed by atoms with Gasteiger partial charge in [-0.25, -0.2) is 9.37 Å². The minimum atomic E-state index is -0.283. The van der Waals surface area contributed by atoms with Crippen molar-refractivity contribution in [2.75, 3.05) is 5.32 Å². The molecule has 7 heteroatoms. The van der Waals surface area contributed by atoms with E-state index < -0.39 is 0 Å². The van der Waals surface area contributed by atoms with E-state index in [2.05, 4.69) is 32.9 Å². The monoisotopic (exact) mass is 430 g/mol. The van der Waals surface area contributed by atoms with Gasteiger partial charge in [0.1, 0.15) is 5.82 Å². The average molecular weight is 430 g/mol. The van der Waals surface area contributed by atoms with Gasteiger partial charge in [0.05, 0.1) is 14.1 Å². The number of rotatable bonds is 3. The third kappa shape index (κ3) is 3.47. The fraction of sp³-hybridized carbons (Fsp3) is 0. The van der Waals surface area contributed by atoms with E-state index in [4.69, 9.17) is 0 Å². The number of halogens is 2. The molecule has 1 amide bonds. The number of amides is 1. The lowest BCUT2D eigenvalue weighted by Gasteiger charge is -1.98. The van der Waals surface area contributed by atoms with E-state index in [9.17, 15) is 9.18 Å². The summed E-state index contributed by atoms with van der Waals surface area (Å²) in [6.45, 7) is 0. The Hall–Kier alpha value is -1.32. The standard InChI is InChI=1S/C14H8FIN2OS2/c15-10-3-1-8(2-4-10)11-7-21-14(17-11)18-13(19)9-5-12(16)20-6-9/h1-7H,(H,17,18,19). The van der Waals surface area contributed by atoms with E-state index in [0.717, 1.165) is 14.1 Å². The van der Waals surface area contributed by atoms with Crippen molar-refractivity contribution < 1.29 is 9.18 Å². The number of thiazole rings is 1. The predicted molar refractivity (Wildman–Crippen MR) is 92.5 cm³/mol. The zero-order valence-corrected chi connectivity index (χ0v) is 14.3. The van der Waals surface area contributed by atoms with Gasteiger partial charge in [0.25, 0.3) is 5.91 Å². The largest absolute Gasteiger partial charge is 0.298 e. The van der Waals surface area contributed by atoms with Gasteiger partial charge in [-0.3, -0.25) is 10.1 Å². The van der Waals surface area contributed by atoms with Crippen molar-refractivity contribution in [1.82, 2.24) is 4.98 Å². The lowest BCUT2D eigenvalue weighted by atomic mass is 10.2. The molecule has 0 fully saturated rings. The minimum Gasteiger partial charge on any atom is -0.298 e. The first-order chi connectivity index (χ1) is 10.1. The van der Waals surface area contributed by atoms with Gasteiger partial charge in [-0.05, 0) is 52.9 Å². The van der Waals surface area contributed by atoms with Gasteiger partial charge >= 0.3 is 0 Å². The molecular formula is C14H8FIN2OS2. The Morgan fingerprint density at radius 2 is 1.95 bits per heavy atom. The highest BCUT2D eigenvalue weighted by molar-refractivity contribution is 14.1. The van der Waals surface area contributed by atoms with E-state index in [1.807, 2.05) is 16.8 Å². The Morgan fingerprint density at radius 3 is 2.62 bits per heavy atom. The smallest absolute Gasteiger partial charge is 0.258 e. The van der Waals surface area contributed by atoms with Crippen molar-refractivity contribution in [1.29, 1.82) is 0 Å². The summed E-state index contributed by atoms with van der Waals surface area (Å²) in [5.41, 5.74) is 2.16. The van der Waals surface area contributed by atoms with Crippen LogP contribution in [0, 0.1) is 8.70 Å². The Morgan fingerprint density at radius 1 is 1.19 bits per heavy atom. The molecular weight excluding hydrogens is 422 g/mol. The summed E-state index contributed by atoms with van der Waals surface area (Å²) in [5, 5.41) is 6.94. The molecule has 2 aromatic heterocycles. The number of nitrogens with one attached hydrogen (secondary N) is 1. The third-order valence-corrected chi connectivity index (χ3v) is 5.24. The number of anilines is 1. The maximum absolute atomic E-state index is 12.9. The Balaban J connectivity index is 1.76. The second kappa shape index (κ2) is 6.20. The molecule has 3 nitrogen and oxygen atoms in total. The van der Waals surface area contributed by atoms with Crippen molar-refractivity contribution in [2.24, 2.45) is 0 Å². The van der Waals surface area contributed by atoms with Gasteiger partial charge < -0.3 is 0 Å². The number of aromatic nitrogens is 1. The normalized spacial score (nSPS) is 10.6. The van der Waals surface area contributed by atoms with Crippen LogP contribution in [0.5, 0.6) is 0 Å². The van der Waals surface area contributed by atoms with Gasteiger partial charge in [-0.2, -0.15) is 0 Å². The molecule has 0 atom stereocenters. The zero-order chi connectivity index (χ0) is 14.8. The first kappa shape index (κ1) is 14.6. The van der Waals surface area contributed by atoms with Crippen molar-refractivity contribution in [3.63, 3.8) is 0 Å². The van der Waals surface area contributed by atoms with Crippen LogP contribution < -0.4 is 5.32 Å². The van der Waals surface area contributed by atoms with Gasteiger partial charge in [0.15, 0.2) is 5.13 Å². The maximum atomic E-state index is 12.9. The minimum absolute atomic E-state index is 0.172. The number of benzene rings is 1. The first-order valence-electron chi connectivity index (χ1n) is 5.89. The summed E-state index contributed by atoms with van der Waals surface area (Å²) >= 11 is 5.04. The van der Waals surface area contributed by atoms with Crippen LogP contribution in [0.3, 0.4) is 0 Å². The van der Waals surface area contributed by atoms with Gasteiger partial charge in [-0.15, -0.1) is 22.7 Å². The summed E-state index contributed by atoms with van der Waals surface area (Å²) in [5.74, 6) is -0.455. The fourth-order valence-corrected chi connectivity index (χ4v) is 3.72. The van der Waals surface area contributed by atoms with Gasteiger partial charge in [-0.1, -0.05) is 0 Å². The molecule has 0 radical (unpaired) electrons. The lowest BCUT2D eigenvalue weighted by Crippen LogP contribution is -2.10. The lowest BCUT2D eigenvalue weighted by molar-refractivity contribution is 0.102. The topological polar surface area (TPSA) is 42.0 Å². The van der Waals surface area contributed by atoms with E-state index in [1.165, 1.54) is 34.8 Å². The molecule has 3 rings (SSSR count). The summed E-state index contributed by atoms with van der Waals surface area (Å²) in [6.07, 6.45) is 0. The second-order valence-electron chi connectivity index (χ2n) is 4.14. The van der Waals surface area contributed by atoms with Crippen LogP contribution >= 0.6 is 45.3 Å². The Labute approximate surface area is 142 Å². The summed E-state index contributed by atoms with van der Waals surface area (Å²) in [4.78, 5) is 16.4. The predicted octanol–water partition coefficient (Wildman–Crippen LogP) is 4.87. The number of hydrogen-bond donors (Lipinski definition) is 1. The molecule has 0 unspecified atom stereocenters. The maximum Gasteiger partial charge on any atom is 0.258 e. The molecule has 1 N–H and O–H groups in total. The van der Waals surface area contributed by atoms with E-state index in [0.29, 0.717) is 10.7 Å². The van der Waals surface area contributed by atoms with Crippen molar-refractivity contribution in [2.45, 2.75) is 0 Å². The Kier molecular flexibility index (Phi) is 4.32. The molecule has 3 aromatic rings. The second-order valence-corrected chi connectivity index (χ2v) is 7.80. The van der Waals surface area contributed by atoms with E-state index >= 15 is 0 Å². The van der Waals surface area contributed by atoms with Crippen molar-refractivity contribution >= 4 is 56.3 Å². The van der Waals surface area contributed by atoms with Crippen LogP contribution in [0.25, 0.3) is 11.3 Å². The Bertz CT molecular complexity index is 782. The number of hydrogen-bond acceptors (Lipinski definition) is 4. The molecule has 21 heavy (non-hydrogen) atoms. The fourth-order valence-electron chi connectivity index (χ4n) is 1.68. The quantitative estimate of drug-likeness (QED) is 0.603. The summed E-state index contributed by atoms with van der Waals surface area (Å²) < 4.78 is 14.0. The van der Waals surface area contributed by atoms with E-state index in [-0.39, 0.29) is 11.7 Å². The van der Waals surface area contributed by atoms with Crippen molar-refractivity contribution in [3.8, 4) is 11.3 Å². The highest BCUT2D eigenvalue weighted by atomic mass is 127. The van der Waals surface area contributed by atoms with Crippen LogP contribution in [0.4, 0.5) is 9.52 Å². The molecule has 2 heterocycles. The highest BCUT2D eigenvalue weighted by Crippen LogP contribution is 2.26. The highest BCUT2D eigenvalue weighted by Gasteiger charge is 2.11. The average Bonchev–Trinajstić information content (AvgIpc) is 3.09. The SMILES string of the molecule is O=C(Nc1nc(-c2ccc(F)cc2)cs1)c1csc(I)c1. The molecule has 1 aromatic carbocycles. The molecule has 0 bridgehead atoms. The molecule has 0 aliphatic carbocycles. The molecule has 106 valence electrons. The summed E-state index contributed by atoms with van der Waals surface area (Å²) in [7, 11) is 0. The summed E-state index contributed by atoms with van der Waals surface area (Å²) in [6, 6.07) is 7.93. The van der Waals surface area contributed by atoms with Crippen LogP contribution in [0.1, 0.15) is 10.4 Å². The van der Waals surface area contributed by atoms with Gasteiger partial charge in [0.2, 0.25) is 0 Å². The molecule has 0 spiro atoms. The molecule has 0 aliphatic heterocycles. The zero-order valence-electron chi connectivity index (χ0n) is 10.5. The van der Waals surface area contributed by atoms with Crippen LogP contribution in [-0.2, 0) is 0 Å².